The Kier molecular flexibility index (Phi) is 6.36. The van der Waals surface area contributed by atoms with Crippen molar-refractivity contribution in [1.29, 1.82) is 0 Å². The Morgan fingerprint density at radius 1 is 1.14 bits per heavy atom. The average Bonchev–Trinajstić information content (AvgIpc) is 2.66. The first-order valence-electron chi connectivity index (χ1n) is 9.47. The molecule has 0 saturated carbocycles. The van der Waals surface area contributed by atoms with Crippen LogP contribution in [-0.2, 0) is 21.2 Å². The number of hydrogen-bond donors (Lipinski definition) is 2. The van der Waals surface area contributed by atoms with E-state index in [1.165, 1.54) is 23.3 Å². The first kappa shape index (κ1) is 20.4. The van der Waals surface area contributed by atoms with Crippen LogP contribution in [0.2, 0.25) is 0 Å². The van der Waals surface area contributed by atoms with Crippen LogP contribution in [0, 0.1) is 0 Å². The molecule has 0 heterocycles. The first-order valence-corrected chi connectivity index (χ1v) is 11.0. The molecule has 1 aliphatic carbocycles. The van der Waals surface area contributed by atoms with E-state index >= 15 is 0 Å². The van der Waals surface area contributed by atoms with E-state index in [1.54, 1.807) is 26.0 Å². The highest BCUT2D eigenvalue weighted by molar-refractivity contribution is 7.89. The van der Waals surface area contributed by atoms with Gasteiger partial charge >= 0.3 is 0 Å². The van der Waals surface area contributed by atoms with Gasteiger partial charge in [0.15, 0.2) is 6.61 Å². The maximum Gasteiger partial charge on any atom is 0.258 e. The highest BCUT2D eigenvalue weighted by atomic mass is 32.2. The minimum atomic E-state index is -3.54. The number of fused-ring (bicyclic) bond motifs is 1. The van der Waals surface area contributed by atoms with Gasteiger partial charge in [-0.1, -0.05) is 24.3 Å². The Morgan fingerprint density at radius 3 is 2.57 bits per heavy atom. The molecule has 0 saturated heterocycles. The summed E-state index contributed by atoms with van der Waals surface area (Å²) in [5, 5.41) is 3.03. The van der Waals surface area contributed by atoms with Crippen molar-refractivity contribution in [3.8, 4) is 5.75 Å². The van der Waals surface area contributed by atoms with Crippen molar-refractivity contribution in [2.45, 2.75) is 50.1 Å². The summed E-state index contributed by atoms with van der Waals surface area (Å²) in [5.74, 6) is 0.252. The Morgan fingerprint density at radius 2 is 1.86 bits per heavy atom. The molecule has 1 unspecified atom stereocenters. The number of nitrogens with one attached hydrogen (secondary N) is 2. The third-order valence-corrected chi connectivity index (χ3v) is 6.27. The molecule has 3 rings (SSSR count). The van der Waals surface area contributed by atoms with Gasteiger partial charge in [0.1, 0.15) is 5.75 Å². The van der Waals surface area contributed by atoms with Crippen molar-refractivity contribution in [2.75, 3.05) is 6.61 Å². The van der Waals surface area contributed by atoms with E-state index in [1.807, 2.05) is 12.1 Å². The van der Waals surface area contributed by atoms with Gasteiger partial charge in [-0.05, 0) is 68.5 Å². The van der Waals surface area contributed by atoms with Crippen LogP contribution in [-0.4, -0.2) is 27.0 Å². The maximum atomic E-state index is 12.3. The molecule has 1 aliphatic rings. The van der Waals surface area contributed by atoms with E-state index in [0.717, 1.165) is 19.3 Å². The van der Waals surface area contributed by atoms with Gasteiger partial charge in [0.2, 0.25) is 10.0 Å². The van der Waals surface area contributed by atoms with E-state index in [0.29, 0.717) is 5.75 Å². The van der Waals surface area contributed by atoms with E-state index in [4.69, 9.17) is 4.74 Å². The minimum Gasteiger partial charge on any atom is -0.484 e. The minimum absolute atomic E-state index is 0.00989. The summed E-state index contributed by atoms with van der Waals surface area (Å²) in [6, 6.07) is 14.0. The number of benzene rings is 2. The van der Waals surface area contributed by atoms with Gasteiger partial charge < -0.3 is 10.1 Å². The van der Waals surface area contributed by atoms with E-state index in [9.17, 15) is 13.2 Å². The zero-order chi connectivity index (χ0) is 20.1. The van der Waals surface area contributed by atoms with Crippen molar-refractivity contribution >= 4 is 15.9 Å². The summed E-state index contributed by atoms with van der Waals surface area (Å²) >= 11 is 0. The number of ether oxygens (including phenoxy) is 1. The monoisotopic (exact) mass is 402 g/mol. The fourth-order valence-electron chi connectivity index (χ4n) is 3.38. The second-order valence-corrected chi connectivity index (χ2v) is 8.96. The zero-order valence-electron chi connectivity index (χ0n) is 16.1. The van der Waals surface area contributed by atoms with Crippen LogP contribution in [0.1, 0.15) is 43.9 Å². The molecule has 28 heavy (non-hydrogen) atoms. The van der Waals surface area contributed by atoms with Crippen LogP contribution in [0.3, 0.4) is 0 Å². The molecule has 1 amide bonds. The second kappa shape index (κ2) is 8.75. The van der Waals surface area contributed by atoms with Crippen LogP contribution in [0.15, 0.2) is 53.4 Å². The van der Waals surface area contributed by atoms with Gasteiger partial charge in [0.05, 0.1) is 10.9 Å². The lowest BCUT2D eigenvalue weighted by molar-refractivity contribution is -0.124. The quantitative estimate of drug-likeness (QED) is 0.746. The lowest BCUT2D eigenvalue weighted by Gasteiger charge is -2.26. The summed E-state index contributed by atoms with van der Waals surface area (Å²) in [5.41, 5.74) is 2.46. The van der Waals surface area contributed by atoms with Gasteiger partial charge in [-0.2, -0.15) is 0 Å². The Hall–Kier alpha value is -2.38. The molecule has 150 valence electrons. The third kappa shape index (κ3) is 5.11. The molecule has 1 atom stereocenters. The van der Waals surface area contributed by atoms with Crippen LogP contribution in [0.25, 0.3) is 0 Å². The molecule has 0 spiro atoms. The molecule has 2 aromatic rings. The van der Waals surface area contributed by atoms with Crippen molar-refractivity contribution in [2.24, 2.45) is 0 Å². The molecule has 0 aromatic heterocycles. The Balaban J connectivity index is 1.56. The number of carbonyl (C=O) groups excluding carboxylic acids is 1. The molecule has 0 aliphatic heterocycles. The summed E-state index contributed by atoms with van der Waals surface area (Å²) in [6.45, 7) is 3.41. The Labute approximate surface area is 166 Å². The number of hydrogen-bond acceptors (Lipinski definition) is 4. The number of sulfonamides is 1. The largest absolute Gasteiger partial charge is 0.484 e. The fraction of sp³-hybridized carbons (Fsp3) is 0.381. The van der Waals surface area contributed by atoms with E-state index in [-0.39, 0.29) is 29.5 Å². The van der Waals surface area contributed by atoms with Crippen molar-refractivity contribution < 1.29 is 17.9 Å². The zero-order valence-corrected chi connectivity index (χ0v) is 17.0. The van der Waals surface area contributed by atoms with Gasteiger partial charge in [0.25, 0.3) is 5.91 Å². The van der Waals surface area contributed by atoms with Crippen molar-refractivity contribution in [1.82, 2.24) is 10.0 Å². The average molecular weight is 403 g/mol. The van der Waals surface area contributed by atoms with Gasteiger partial charge in [-0.3, -0.25) is 4.79 Å². The SMILES string of the molecule is CC(C)NS(=O)(=O)c1ccc(OCC(=O)NC2CCCc3ccccc32)cc1. The molecule has 0 fully saturated rings. The maximum absolute atomic E-state index is 12.3. The molecule has 2 N–H and O–H groups in total. The lowest BCUT2D eigenvalue weighted by atomic mass is 9.88. The second-order valence-electron chi connectivity index (χ2n) is 7.25. The smallest absolute Gasteiger partial charge is 0.258 e. The van der Waals surface area contributed by atoms with Crippen LogP contribution in [0.5, 0.6) is 5.75 Å². The summed E-state index contributed by atoms with van der Waals surface area (Å²) in [4.78, 5) is 12.5. The highest BCUT2D eigenvalue weighted by Gasteiger charge is 2.21. The third-order valence-electron chi connectivity index (χ3n) is 4.60. The molecule has 0 bridgehead atoms. The number of rotatable bonds is 7. The lowest BCUT2D eigenvalue weighted by Crippen LogP contribution is -2.34. The molecule has 0 radical (unpaired) electrons. The number of aryl methyl sites for hydroxylation is 1. The molecule has 2 aromatic carbocycles. The molecular weight excluding hydrogens is 376 g/mol. The predicted octanol–water partition coefficient (Wildman–Crippen LogP) is 2.95. The number of carbonyl (C=O) groups is 1. The standard InChI is InChI=1S/C21H26N2O4S/c1-15(2)23-28(25,26)18-12-10-17(11-13-18)27-14-21(24)22-20-9-5-7-16-6-3-4-8-19(16)20/h3-4,6,8,10-13,15,20,23H,5,7,9,14H2,1-2H3,(H,22,24). The highest BCUT2D eigenvalue weighted by Crippen LogP contribution is 2.29. The topological polar surface area (TPSA) is 84.5 Å². The number of amides is 1. The van der Waals surface area contributed by atoms with Crippen molar-refractivity contribution in [3.05, 3.63) is 59.7 Å². The van der Waals surface area contributed by atoms with Crippen molar-refractivity contribution in [3.63, 3.8) is 0 Å². The van der Waals surface area contributed by atoms with Gasteiger partial charge in [-0.25, -0.2) is 13.1 Å². The Bertz CT molecular complexity index is 924. The molecule has 6 nitrogen and oxygen atoms in total. The van der Waals surface area contributed by atoms with Crippen LogP contribution < -0.4 is 14.8 Å². The van der Waals surface area contributed by atoms with Gasteiger partial charge in [0, 0.05) is 6.04 Å². The fourth-order valence-corrected chi connectivity index (χ4v) is 4.63. The van der Waals surface area contributed by atoms with Crippen LogP contribution >= 0.6 is 0 Å². The van der Waals surface area contributed by atoms with E-state index in [2.05, 4.69) is 22.2 Å². The molecule has 7 heteroatoms. The summed E-state index contributed by atoms with van der Waals surface area (Å²) < 4.78 is 32.3. The predicted molar refractivity (Wildman–Crippen MR) is 108 cm³/mol. The molecular formula is C21H26N2O4S. The van der Waals surface area contributed by atoms with Crippen LogP contribution in [0.4, 0.5) is 0 Å². The first-order chi connectivity index (χ1) is 13.3. The summed E-state index contributed by atoms with van der Waals surface area (Å²) in [7, 11) is -3.54. The summed E-state index contributed by atoms with van der Waals surface area (Å²) in [6.07, 6.45) is 3.00. The van der Waals surface area contributed by atoms with E-state index < -0.39 is 10.0 Å². The van der Waals surface area contributed by atoms with Gasteiger partial charge in [-0.15, -0.1) is 0 Å². The normalized spacial score (nSPS) is 16.5.